The van der Waals surface area contributed by atoms with Crippen molar-refractivity contribution in [1.82, 2.24) is 4.31 Å². The van der Waals surface area contributed by atoms with Crippen molar-refractivity contribution >= 4 is 21.6 Å². The van der Waals surface area contributed by atoms with Gasteiger partial charge in [-0.25, -0.2) is 8.42 Å². The van der Waals surface area contributed by atoms with Gasteiger partial charge in [0.05, 0.1) is 24.0 Å². The summed E-state index contributed by atoms with van der Waals surface area (Å²) in [5, 5.41) is 2.61. The number of anilines is 1. The molecule has 1 saturated heterocycles. The molecule has 1 saturated carbocycles. The lowest BCUT2D eigenvalue weighted by Crippen LogP contribution is -2.40. The Kier molecular flexibility index (Phi) is 6.31. The van der Waals surface area contributed by atoms with Gasteiger partial charge < -0.3 is 10.1 Å². The van der Waals surface area contributed by atoms with Crippen molar-refractivity contribution in [3.8, 4) is 0 Å². The summed E-state index contributed by atoms with van der Waals surface area (Å²) in [7, 11) is -3.64. The predicted octanol–water partition coefficient (Wildman–Crippen LogP) is 3.01. The summed E-state index contributed by atoms with van der Waals surface area (Å²) < 4.78 is 70.4. The molecule has 0 spiro atoms. The molecule has 1 aliphatic heterocycles. The summed E-state index contributed by atoms with van der Waals surface area (Å²) in [5.41, 5.74) is 0.361. The molecule has 2 atom stereocenters. The first-order valence-corrected chi connectivity index (χ1v) is 10.7. The quantitative estimate of drug-likeness (QED) is 0.813. The number of hydrogen-bond donors (Lipinski definition) is 1. The first-order chi connectivity index (χ1) is 13.2. The van der Waals surface area contributed by atoms with E-state index in [2.05, 4.69) is 5.32 Å². The zero-order valence-corrected chi connectivity index (χ0v) is 16.1. The van der Waals surface area contributed by atoms with E-state index < -0.39 is 33.9 Å². The molecular weight excluding hydrogens is 397 g/mol. The Morgan fingerprint density at radius 2 is 1.75 bits per heavy atom. The summed E-state index contributed by atoms with van der Waals surface area (Å²) in [6.45, 7) is 1.24. The summed E-state index contributed by atoms with van der Waals surface area (Å²) >= 11 is 0. The molecule has 3 rings (SSSR count). The standard InChI is InChI=1S/C18H23F3N2O4S/c19-18(20,21)14-3-1-2-13(12-14)17(24)22-15-4-6-16(7-5-15)28(25,26)23-8-10-27-11-9-23/h4-7,13-14H,1-3,8-12H2,(H,22,24)/t13-,14-/m0/s1. The number of amides is 1. The molecule has 1 heterocycles. The van der Waals surface area contributed by atoms with E-state index in [1.54, 1.807) is 0 Å². The molecule has 1 N–H and O–H groups in total. The van der Waals surface area contributed by atoms with Crippen LogP contribution in [-0.2, 0) is 19.6 Å². The number of rotatable bonds is 4. The molecule has 0 unspecified atom stereocenters. The Bertz CT molecular complexity index is 790. The first kappa shape index (κ1) is 21.1. The molecule has 28 heavy (non-hydrogen) atoms. The van der Waals surface area contributed by atoms with Crippen molar-refractivity contribution in [2.45, 2.75) is 36.8 Å². The van der Waals surface area contributed by atoms with Crippen LogP contribution >= 0.6 is 0 Å². The van der Waals surface area contributed by atoms with Crippen molar-refractivity contribution in [3.63, 3.8) is 0 Å². The Morgan fingerprint density at radius 1 is 1.11 bits per heavy atom. The largest absolute Gasteiger partial charge is 0.391 e. The van der Waals surface area contributed by atoms with Gasteiger partial charge in [0.25, 0.3) is 0 Å². The third kappa shape index (κ3) is 4.84. The van der Waals surface area contributed by atoms with E-state index in [4.69, 9.17) is 4.74 Å². The molecule has 0 aromatic heterocycles. The maximum Gasteiger partial charge on any atom is 0.391 e. The molecule has 0 bridgehead atoms. The lowest BCUT2D eigenvalue weighted by Gasteiger charge is -2.29. The number of halogens is 3. The van der Waals surface area contributed by atoms with Crippen molar-refractivity contribution in [1.29, 1.82) is 0 Å². The van der Waals surface area contributed by atoms with E-state index in [1.165, 1.54) is 28.6 Å². The zero-order chi connectivity index (χ0) is 20.4. The Hall–Kier alpha value is -1.65. The summed E-state index contributed by atoms with van der Waals surface area (Å²) in [6.07, 6.45) is -3.66. The first-order valence-electron chi connectivity index (χ1n) is 9.23. The minimum Gasteiger partial charge on any atom is -0.379 e. The third-order valence-corrected chi connectivity index (χ3v) is 7.15. The Morgan fingerprint density at radius 3 is 2.36 bits per heavy atom. The molecular formula is C18H23F3N2O4S. The van der Waals surface area contributed by atoms with Crippen LogP contribution in [-0.4, -0.2) is 51.1 Å². The van der Waals surface area contributed by atoms with Crippen molar-refractivity contribution in [2.75, 3.05) is 31.6 Å². The molecule has 156 valence electrons. The zero-order valence-electron chi connectivity index (χ0n) is 15.2. The van der Waals surface area contributed by atoms with Gasteiger partial charge in [0.15, 0.2) is 0 Å². The van der Waals surface area contributed by atoms with Gasteiger partial charge in [-0.15, -0.1) is 0 Å². The molecule has 2 aliphatic rings. The second-order valence-electron chi connectivity index (χ2n) is 7.13. The van der Waals surface area contributed by atoms with Gasteiger partial charge >= 0.3 is 6.18 Å². The van der Waals surface area contributed by atoms with E-state index in [1.807, 2.05) is 0 Å². The van der Waals surface area contributed by atoms with E-state index in [0.717, 1.165) is 0 Å². The highest BCUT2D eigenvalue weighted by molar-refractivity contribution is 7.89. The number of carbonyl (C=O) groups is 1. The average molecular weight is 420 g/mol. The maximum absolute atomic E-state index is 12.9. The van der Waals surface area contributed by atoms with E-state index in [0.29, 0.717) is 31.7 Å². The Labute approximate surface area is 162 Å². The number of alkyl halides is 3. The smallest absolute Gasteiger partial charge is 0.379 e. The fourth-order valence-corrected chi connectivity index (χ4v) is 5.02. The lowest BCUT2D eigenvalue weighted by atomic mass is 9.80. The van der Waals surface area contributed by atoms with Crippen LogP contribution < -0.4 is 5.32 Å². The van der Waals surface area contributed by atoms with Gasteiger partial charge in [0.1, 0.15) is 0 Å². The van der Waals surface area contributed by atoms with Gasteiger partial charge in [-0.1, -0.05) is 6.42 Å². The number of benzene rings is 1. The lowest BCUT2D eigenvalue weighted by molar-refractivity contribution is -0.185. The summed E-state index contributed by atoms with van der Waals surface area (Å²) in [5.74, 6) is -2.60. The molecule has 6 nitrogen and oxygen atoms in total. The highest BCUT2D eigenvalue weighted by atomic mass is 32.2. The number of ether oxygens (including phenoxy) is 1. The minimum absolute atomic E-state index is 0.0569. The van der Waals surface area contributed by atoms with Crippen molar-refractivity contribution in [2.24, 2.45) is 11.8 Å². The van der Waals surface area contributed by atoms with Crippen LogP contribution in [0.25, 0.3) is 0 Å². The average Bonchev–Trinajstić information content (AvgIpc) is 2.68. The van der Waals surface area contributed by atoms with Crippen LogP contribution in [0, 0.1) is 11.8 Å². The van der Waals surface area contributed by atoms with Crippen LogP contribution in [0.1, 0.15) is 25.7 Å². The molecule has 2 fully saturated rings. The van der Waals surface area contributed by atoms with Crippen LogP contribution in [0.5, 0.6) is 0 Å². The van der Waals surface area contributed by atoms with Gasteiger partial charge in [-0.3, -0.25) is 4.79 Å². The molecule has 1 aromatic carbocycles. The summed E-state index contributed by atoms with van der Waals surface area (Å²) in [4.78, 5) is 12.4. The summed E-state index contributed by atoms with van der Waals surface area (Å²) in [6, 6.07) is 5.68. The number of sulfonamides is 1. The highest BCUT2D eigenvalue weighted by Crippen LogP contribution is 2.40. The molecule has 1 amide bonds. The van der Waals surface area contributed by atoms with E-state index >= 15 is 0 Å². The normalized spacial score (nSPS) is 24.7. The van der Waals surface area contributed by atoms with Crippen LogP contribution in [0.15, 0.2) is 29.2 Å². The van der Waals surface area contributed by atoms with E-state index in [9.17, 15) is 26.4 Å². The molecule has 10 heteroatoms. The second kappa shape index (κ2) is 8.38. The van der Waals surface area contributed by atoms with Crippen molar-refractivity contribution < 1.29 is 31.1 Å². The predicted molar refractivity (Wildman–Crippen MR) is 96.2 cm³/mol. The topological polar surface area (TPSA) is 75.7 Å². The number of hydrogen-bond acceptors (Lipinski definition) is 4. The maximum atomic E-state index is 12.9. The monoisotopic (exact) mass is 420 g/mol. The number of nitrogens with one attached hydrogen (secondary N) is 1. The fraction of sp³-hybridized carbons (Fsp3) is 0.611. The number of nitrogens with zero attached hydrogens (tertiary/aromatic N) is 1. The molecule has 1 aromatic rings. The molecule has 1 aliphatic carbocycles. The van der Waals surface area contributed by atoms with Crippen LogP contribution in [0.3, 0.4) is 0 Å². The highest BCUT2D eigenvalue weighted by Gasteiger charge is 2.43. The third-order valence-electron chi connectivity index (χ3n) is 5.24. The van der Waals surface area contributed by atoms with Crippen LogP contribution in [0.2, 0.25) is 0 Å². The van der Waals surface area contributed by atoms with Crippen molar-refractivity contribution in [3.05, 3.63) is 24.3 Å². The molecule has 0 radical (unpaired) electrons. The second-order valence-corrected chi connectivity index (χ2v) is 9.07. The fourth-order valence-electron chi connectivity index (χ4n) is 3.62. The SMILES string of the molecule is O=C(Nc1ccc(S(=O)(=O)N2CCOCC2)cc1)[C@H]1CCC[C@H](C(F)(F)F)C1. The van der Waals surface area contributed by atoms with Crippen LogP contribution in [0.4, 0.5) is 18.9 Å². The van der Waals surface area contributed by atoms with Gasteiger partial charge in [-0.2, -0.15) is 17.5 Å². The van der Waals surface area contributed by atoms with Gasteiger partial charge in [0.2, 0.25) is 15.9 Å². The minimum atomic E-state index is -4.28. The number of morpholine rings is 1. The Balaban J connectivity index is 1.63. The number of carbonyl (C=O) groups excluding carboxylic acids is 1. The van der Waals surface area contributed by atoms with E-state index in [-0.39, 0.29) is 30.8 Å². The van der Waals surface area contributed by atoms with Gasteiger partial charge in [-0.05, 0) is 43.5 Å². The van der Waals surface area contributed by atoms with Gasteiger partial charge in [0, 0.05) is 24.7 Å².